The number of carbonyl (C=O) groups excluding carboxylic acids is 1. The lowest BCUT2D eigenvalue weighted by Crippen LogP contribution is -2.13. The van der Waals surface area contributed by atoms with E-state index in [1.807, 2.05) is 0 Å². The van der Waals surface area contributed by atoms with Gasteiger partial charge in [0, 0.05) is 29.1 Å². The zero-order chi connectivity index (χ0) is 18.8. The molecule has 2 aromatic carbocycles. The summed E-state index contributed by atoms with van der Waals surface area (Å²) in [6.45, 7) is 0.849. The van der Waals surface area contributed by atoms with Gasteiger partial charge < -0.3 is 9.88 Å². The molecule has 0 saturated heterocycles. The van der Waals surface area contributed by atoms with E-state index in [1.54, 1.807) is 36.4 Å². The van der Waals surface area contributed by atoms with E-state index >= 15 is 0 Å². The van der Waals surface area contributed by atoms with Crippen molar-refractivity contribution in [1.29, 1.82) is 0 Å². The Morgan fingerprint density at radius 2 is 1.89 bits per heavy atom. The van der Waals surface area contributed by atoms with Crippen molar-refractivity contribution in [3.8, 4) is 11.4 Å². The summed E-state index contributed by atoms with van der Waals surface area (Å²) in [6.07, 6.45) is 4.23. The van der Waals surface area contributed by atoms with E-state index in [0.717, 1.165) is 43.6 Å². The summed E-state index contributed by atoms with van der Waals surface area (Å²) in [5, 5.41) is 11.7. The summed E-state index contributed by atoms with van der Waals surface area (Å²) in [6, 6.07) is 11.0. The SMILES string of the molecule is O=C(Nc1cc(-c2nnc3n2CCCCC3)ccc1F)c1ccc(Cl)cc1. The summed E-state index contributed by atoms with van der Waals surface area (Å²) in [7, 11) is 0. The normalized spacial score (nSPS) is 13.7. The van der Waals surface area contributed by atoms with Gasteiger partial charge in [-0.3, -0.25) is 4.79 Å². The molecule has 5 nitrogen and oxygen atoms in total. The van der Waals surface area contributed by atoms with Crippen LogP contribution in [0.5, 0.6) is 0 Å². The highest BCUT2D eigenvalue weighted by molar-refractivity contribution is 6.30. The molecule has 1 N–H and O–H groups in total. The largest absolute Gasteiger partial charge is 0.319 e. The van der Waals surface area contributed by atoms with Gasteiger partial charge in [0.05, 0.1) is 5.69 Å². The molecule has 1 aliphatic rings. The molecule has 0 unspecified atom stereocenters. The van der Waals surface area contributed by atoms with E-state index < -0.39 is 11.7 Å². The molecule has 1 aromatic heterocycles. The Hall–Kier alpha value is -2.73. The van der Waals surface area contributed by atoms with Crippen LogP contribution in [-0.4, -0.2) is 20.7 Å². The van der Waals surface area contributed by atoms with Crippen LogP contribution in [0.3, 0.4) is 0 Å². The van der Waals surface area contributed by atoms with Crippen molar-refractivity contribution in [3.05, 3.63) is 64.7 Å². The number of aromatic nitrogens is 3. The van der Waals surface area contributed by atoms with Crippen molar-refractivity contribution in [2.75, 3.05) is 5.32 Å². The fraction of sp³-hybridized carbons (Fsp3) is 0.250. The first-order valence-corrected chi connectivity index (χ1v) is 9.28. The number of nitrogens with one attached hydrogen (secondary N) is 1. The molecule has 0 atom stereocenters. The first-order valence-electron chi connectivity index (χ1n) is 8.91. The number of halogens is 2. The molecule has 2 heterocycles. The second-order valence-corrected chi connectivity index (χ2v) is 6.99. The second kappa shape index (κ2) is 7.48. The third kappa shape index (κ3) is 3.71. The van der Waals surface area contributed by atoms with Gasteiger partial charge >= 0.3 is 0 Å². The molecule has 0 aliphatic carbocycles. The minimum Gasteiger partial charge on any atom is -0.319 e. The highest BCUT2D eigenvalue weighted by atomic mass is 35.5. The molecule has 1 amide bonds. The van der Waals surface area contributed by atoms with Crippen LogP contribution in [0.15, 0.2) is 42.5 Å². The van der Waals surface area contributed by atoms with Crippen molar-refractivity contribution < 1.29 is 9.18 Å². The van der Waals surface area contributed by atoms with Gasteiger partial charge in [0.2, 0.25) is 0 Å². The van der Waals surface area contributed by atoms with Crippen LogP contribution in [0, 0.1) is 5.82 Å². The van der Waals surface area contributed by atoms with Crippen molar-refractivity contribution in [1.82, 2.24) is 14.8 Å². The molecule has 0 bridgehead atoms. The summed E-state index contributed by atoms with van der Waals surface area (Å²) >= 11 is 5.84. The highest BCUT2D eigenvalue weighted by Gasteiger charge is 2.18. The van der Waals surface area contributed by atoms with Crippen molar-refractivity contribution in [2.24, 2.45) is 0 Å². The first-order chi connectivity index (χ1) is 13.1. The van der Waals surface area contributed by atoms with Gasteiger partial charge in [0.1, 0.15) is 11.6 Å². The van der Waals surface area contributed by atoms with E-state index in [9.17, 15) is 9.18 Å². The Morgan fingerprint density at radius 3 is 2.70 bits per heavy atom. The Morgan fingerprint density at radius 1 is 1.07 bits per heavy atom. The van der Waals surface area contributed by atoms with E-state index in [-0.39, 0.29) is 5.69 Å². The van der Waals surface area contributed by atoms with Gasteiger partial charge in [-0.25, -0.2) is 4.39 Å². The Balaban J connectivity index is 1.63. The second-order valence-electron chi connectivity index (χ2n) is 6.56. The van der Waals surface area contributed by atoms with Crippen LogP contribution < -0.4 is 5.32 Å². The van der Waals surface area contributed by atoms with Gasteiger partial charge in [-0.15, -0.1) is 10.2 Å². The predicted octanol–water partition coefficient (Wildman–Crippen LogP) is 4.72. The number of fused-ring (bicyclic) bond motifs is 1. The van der Waals surface area contributed by atoms with Crippen molar-refractivity contribution in [3.63, 3.8) is 0 Å². The molecule has 0 spiro atoms. The lowest BCUT2D eigenvalue weighted by atomic mass is 10.1. The molecule has 7 heteroatoms. The summed E-state index contributed by atoms with van der Waals surface area (Å²) < 4.78 is 16.4. The number of hydrogen-bond donors (Lipinski definition) is 1. The van der Waals surface area contributed by atoms with Gasteiger partial charge in [-0.1, -0.05) is 18.0 Å². The maximum Gasteiger partial charge on any atom is 0.255 e. The summed E-state index contributed by atoms with van der Waals surface area (Å²) in [5.41, 5.74) is 1.24. The third-order valence-corrected chi connectivity index (χ3v) is 4.94. The van der Waals surface area contributed by atoms with Crippen molar-refractivity contribution >= 4 is 23.2 Å². The van der Waals surface area contributed by atoms with Crippen LogP contribution >= 0.6 is 11.6 Å². The lowest BCUT2D eigenvalue weighted by molar-refractivity contribution is 0.102. The average molecular weight is 385 g/mol. The quantitative estimate of drug-likeness (QED) is 0.711. The smallest absolute Gasteiger partial charge is 0.255 e. The molecular formula is C20H18ClFN4O. The molecule has 0 saturated carbocycles. The number of rotatable bonds is 3. The van der Waals surface area contributed by atoms with E-state index in [1.165, 1.54) is 6.07 Å². The number of carbonyl (C=O) groups is 1. The Labute approximate surface area is 161 Å². The van der Waals surface area contributed by atoms with Crippen LogP contribution in [-0.2, 0) is 13.0 Å². The number of benzene rings is 2. The fourth-order valence-electron chi connectivity index (χ4n) is 3.25. The van der Waals surface area contributed by atoms with Crippen LogP contribution in [0.4, 0.5) is 10.1 Å². The molecule has 27 heavy (non-hydrogen) atoms. The number of nitrogens with zero attached hydrogens (tertiary/aromatic N) is 3. The van der Waals surface area contributed by atoms with E-state index in [0.29, 0.717) is 16.4 Å². The predicted molar refractivity (Wildman–Crippen MR) is 102 cm³/mol. The summed E-state index contributed by atoms with van der Waals surface area (Å²) in [4.78, 5) is 12.4. The molecule has 4 rings (SSSR count). The Bertz CT molecular complexity index is 984. The third-order valence-electron chi connectivity index (χ3n) is 4.69. The van der Waals surface area contributed by atoms with Crippen LogP contribution in [0.25, 0.3) is 11.4 Å². The average Bonchev–Trinajstić information content (AvgIpc) is 2.92. The fourth-order valence-corrected chi connectivity index (χ4v) is 3.38. The van der Waals surface area contributed by atoms with E-state index in [2.05, 4.69) is 20.1 Å². The highest BCUT2D eigenvalue weighted by Crippen LogP contribution is 2.27. The number of amides is 1. The molecule has 138 valence electrons. The van der Waals surface area contributed by atoms with Gasteiger partial charge in [-0.2, -0.15) is 0 Å². The molecule has 1 aliphatic heterocycles. The van der Waals surface area contributed by atoms with Gasteiger partial charge in [0.15, 0.2) is 5.82 Å². The number of anilines is 1. The van der Waals surface area contributed by atoms with Crippen molar-refractivity contribution in [2.45, 2.75) is 32.2 Å². The van der Waals surface area contributed by atoms with Gasteiger partial charge in [-0.05, 0) is 55.3 Å². The summed E-state index contributed by atoms with van der Waals surface area (Å²) in [5.74, 6) is 0.756. The zero-order valence-electron chi connectivity index (χ0n) is 14.6. The number of hydrogen-bond acceptors (Lipinski definition) is 3. The number of aryl methyl sites for hydroxylation is 1. The molecule has 3 aromatic rings. The van der Waals surface area contributed by atoms with Crippen LogP contribution in [0.1, 0.15) is 35.4 Å². The maximum absolute atomic E-state index is 14.3. The standard InChI is InChI=1S/C20H18ClFN4O/c21-15-8-5-13(6-9-15)20(27)23-17-12-14(7-10-16(17)22)19-25-24-18-4-2-1-3-11-26(18)19/h5-10,12H,1-4,11H2,(H,23,27). The molecular weight excluding hydrogens is 367 g/mol. The topological polar surface area (TPSA) is 59.8 Å². The maximum atomic E-state index is 14.3. The van der Waals surface area contributed by atoms with E-state index in [4.69, 9.17) is 11.6 Å². The Kier molecular flexibility index (Phi) is 4.90. The first kappa shape index (κ1) is 17.7. The lowest BCUT2D eigenvalue weighted by Gasteiger charge is -2.10. The van der Waals surface area contributed by atoms with Gasteiger partial charge in [0.25, 0.3) is 5.91 Å². The molecule has 0 radical (unpaired) electrons. The zero-order valence-corrected chi connectivity index (χ0v) is 15.3. The molecule has 0 fully saturated rings. The minimum atomic E-state index is -0.503. The monoisotopic (exact) mass is 384 g/mol. The minimum absolute atomic E-state index is 0.110. The van der Waals surface area contributed by atoms with Crippen LogP contribution in [0.2, 0.25) is 5.02 Å².